The van der Waals surface area contributed by atoms with E-state index in [9.17, 15) is 14.4 Å². The molecule has 0 saturated carbocycles. The fraction of sp³-hybridized carbons (Fsp3) is 0.276. The number of carbonyl (C=O) groups is 1. The number of aromatic nitrogens is 2. The Morgan fingerprint density at radius 1 is 0.821 bits per heavy atom. The highest BCUT2D eigenvalue weighted by Gasteiger charge is 2.55. The third-order valence-corrected chi connectivity index (χ3v) is 7.09. The van der Waals surface area contributed by atoms with Gasteiger partial charge in [0.05, 0.1) is 25.4 Å². The largest absolute Gasteiger partial charge is 0.493 e. The molecule has 1 aromatic heterocycles. The Labute approximate surface area is 225 Å². The van der Waals surface area contributed by atoms with E-state index >= 15 is 0 Å². The highest BCUT2D eigenvalue weighted by atomic mass is 16.5. The molecule has 5 rings (SSSR count). The van der Waals surface area contributed by atoms with Crippen LogP contribution in [0.15, 0.2) is 93.0 Å². The van der Waals surface area contributed by atoms with Gasteiger partial charge in [-0.3, -0.25) is 4.90 Å². The highest BCUT2D eigenvalue weighted by molar-refractivity contribution is 5.95. The molecule has 1 atom stereocenters. The molecule has 2 amide bonds. The first-order valence-corrected chi connectivity index (χ1v) is 12.5. The zero-order valence-electron chi connectivity index (χ0n) is 22.2. The van der Waals surface area contributed by atoms with Gasteiger partial charge in [0, 0.05) is 12.2 Å². The lowest BCUT2D eigenvalue weighted by molar-refractivity contribution is 0.0975. The predicted octanol–water partition coefficient (Wildman–Crippen LogP) is 4.07. The van der Waals surface area contributed by atoms with E-state index in [1.54, 1.807) is 61.6 Å². The van der Waals surface area contributed by atoms with E-state index in [2.05, 4.69) is 0 Å². The van der Waals surface area contributed by atoms with Crippen molar-refractivity contribution < 1.29 is 18.8 Å². The first kappa shape index (κ1) is 25.9. The first-order chi connectivity index (χ1) is 18.8. The average molecular weight is 531 g/mol. The van der Waals surface area contributed by atoms with E-state index in [4.69, 9.17) is 14.0 Å². The van der Waals surface area contributed by atoms with Crippen molar-refractivity contribution in [2.45, 2.75) is 32.0 Å². The molecule has 1 aliphatic rings. The van der Waals surface area contributed by atoms with Crippen LogP contribution in [0.5, 0.6) is 11.5 Å². The van der Waals surface area contributed by atoms with Gasteiger partial charge < -0.3 is 18.9 Å². The quantitative estimate of drug-likeness (QED) is 0.341. The number of benzene rings is 3. The van der Waals surface area contributed by atoms with Gasteiger partial charge in [-0.2, -0.15) is 4.57 Å². The van der Waals surface area contributed by atoms with Crippen LogP contribution in [-0.2, 0) is 6.42 Å². The Hall–Kier alpha value is -4.73. The Balaban J connectivity index is 1.56. The smallest absolute Gasteiger partial charge is 0.447 e. The Morgan fingerprint density at radius 3 is 2.05 bits per heavy atom. The summed E-state index contributed by atoms with van der Waals surface area (Å²) in [7, 11) is 3.15. The number of carbonyl (C=O) groups excluding carboxylic acids is 1. The molecule has 0 aliphatic carbocycles. The van der Waals surface area contributed by atoms with Crippen LogP contribution >= 0.6 is 0 Å². The molecule has 4 aromatic rings. The van der Waals surface area contributed by atoms with Gasteiger partial charge in [0.2, 0.25) is 0 Å². The summed E-state index contributed by atoms with van der Waals surface area (Å²) in [6.45, 7) is 4.07. The number of anilines is 1. The van der Waals surface area contributed by atoms with Gasteiger partial charge in [-0.05, 0) is 62.2 Å². The monoisotopic (exact) mass is 530 g/mol. The summed E-state index contributed by atoms with van der Waals surface area (Å²) in [5.74, 6) is 0.388. The maximum Gasteiger partial charge on any atom is 0.447 e. The molecule has 1 saturated heterocycles. The number of hydrogen-bond acceptors (Lipinski definition) is 6. The molecule has 1 aliphatic heterocycles. The number of hydrogen-bond donors (Lipinski definition) is 0. The van der Waals surface area contributed by atoms with Crippen LogP contribution in [0.1, 0.15) is 25.6 Å². The van der Waals surface area contributed by atoms with Gasteiger partial charge >= 0.3 is 17.5 Å². The van der Waals surface area contributed by atoms with Gasteiger partial charge in [-0.25, -0.2) is 14.4 Å². The van der Waals surface area contributed by atoms with Crippen LogP contribution in [0.25, 0.3) is 5.69 Å². The fourth-order valence-corrected chi connectivity index (χ4v) is 5.12. The van der Waals surface area contributed by atoms with Crippen LogP contribution < -0.4 is 25.8 Å². The van der Waals surface area contributed by atoms with Crippen LogP contribution in [-0.4, -0.2) is 46.5 Å². The van der Waals surface area contributed by atoms with Crippen molar-refractivity contribution in [2.24, 2.45) is 0 Å². The van der Waals surface area contributed by atoms with Gasteiger partial charge in [-0.1, -0.05) is 42.5 Å². The van der Waals surface area contributed by atoms with Gasteiger partial charge in [0.15, 0.2) is 17.7 Å². The zero-order chi connectivity index (χ0) is 27.7. The second-order valence-electron chi connectivity index (χ2n) is 9.74. The number of ether oxygens (including phenoxy) is 2. The highest BCUT2D eigenvalue weighted by Crippen LogP contribution is 2.42. The molecule has 10 nitrogen and oxygen atoms in total. The van der Waals surface area contributed by atoms with E-state index in [1.165, 1.54) is 4.90 Å². The molecule has 10 heteroatoms. The standard InChI is InChI=1S/C29H30N4O6/c1-29(2)25(33-27(35)32(28(36)39-33)22-13-9-6-10-14-22)31(21-11-7-5-8-12-21)26(34)30(29)18-17-20-15-16-23(37-3)24(19-20)38-4/h5-16,19,25H,17-18H2,1-4H3. The van der Waals surface area contributed by atoms with Crippen LogP contribution in [0, 0.1) is 0 Å². The van der Waals surface area contributed by atoms with E-state index in [0.29, 0.717) is 35.8 Å². The number of urea groups is 1. The van der Waals surface area contributed by atoms with Crippen molar-refractivity contribution in [1.82, 2.24) is 14.2 Å². The molecular formula is C29H30N4O6. The summed E-state index contributed by atoms with van der Waals surface area (Å²) in [6.07, 6.45) is -0.405. The lowest BCUT2D eigenvalue weighted by Crippen LogP contribution is -2.47. The van der Waals surface area contributed by atoms with Crippen molar-refractivity contribution in [2.75, 3.05) is 25.7 Å². The molecule has 1 unspecified atom stereocenters. The maximum atomic E-state index is 14.0. The Kier molecular flexibility index (Phi) is 6.78. The number of methoxy groups -OCH3 is 2. The minimum atomic E-state index is -0.938. The van der Waals surface area contributed by atoms with Gasteiger partial charge in [0.25, 0.3) is 0 Å². The third kappa shape index (κ3) is 4.47. The third-order valence-electron chi connectivity index (χ3n) is 7.09. The topological polar surface area (TPSA) is 99.1 Å². The van der Waals surface area contributed by atoms with E-state index in [-0.39, 0.29) is 6.03 Å². The van der Waals surface area contributed by atoms with Crippen molar-refractivity contribution >= 4 is 11.7 Å². The van der Waals surface area contributed by atoms with Gasteiger partial charge in [-0.15, -0.1) is 4.74 Å². The van der Waals surface area contributed by atoms with Crippen molar-refractivity contribution in [3.63, 3.8) is 0 Å². The summed E-state index contributed by atoms with van der Waals surface area (Å²) in [5, 5.41) is 0. The summed E-state index contributed by atoms with van der Waals surface area (Å²) in [5.41, 5.74) is 0.307. The van der Waals surface area contributed by atoms with Crippen molar-refractivity contribution in [1.29, 1.82) is 0 Å². The summed E-state index contributed by atoms with van der Waals surface area (Å²) in [4.78, 5) is 43.7. The molecule has 1 fully saturated rings. The lowest BCUT2D eigenvalue weighted by Gasteiger charge is -2.34. The Bertz CT molecular complexity index is 1590. The van der Waals surface area contributed by atoms with E-state index < -0.39 is 23.2 Å². The molecule has 0 N–H and O–H groups in total. The van der Waals surface area contributed by atoms with Crippen LogP contribution in [0.3, 0.4) is 0 Å². The Morgan fingerprint density at radius 2 is 1.44 bits per heavy atom. The summed E-state index contributed by atoms with van der Waals surface area (Å²) in [6, 6.07) is 22.9. The molecule has 202 valence electrons. The molecule has 0 spiro atoms. The van der Waals surface area contributed by atoms with Crippen LogP contribution in [0.4, 0.5) is 10.5 Å². The van der Waals surface area contributed by atoms with Gasteiger partial charge in [0.1, 0.15) is 0 Å². The van der Waals surface area contributed by atoms with E-state index in [1.807, 2.05) is 50.2 Å². The lowest BCUT2D eigenvalue weighted by atomic mass is 9.99. The molecule has 39 heavy (non-hydrogen) atoms. The number of para-hydroxylation sites is 2. The molecule has 2 heterocycles. The van der Waals surface area contributed by atoms with E-state index in [0.717, 1.165) is 14.9 Å². The SMILES string of the molecule is COc1ccc(CCN2C(=O)N(c3ccccc3)C(n3oc(=O)n(-c4ccccc4)c3=O)C2(C)C)cc1OC. The summed E-state index contributed by atoms with van der Waals surface area (Å²) >= 11 is 0. The number of rotatable bonds is 8. The predicted molar refractivity (Wildman–Crippen MR) is 146 cm³/mol. The average Bonchev–Trinajstić information content (AvgIpc) is 3.34. The normalized spacial score (nSPS) is 16.5. The molecule has 0 bridgehead atoms. The fourth-order valence-electron chi connectivity index (χ4n) is 5.12. The van der Waals surface area contributed by atoms with Crippen LogP contribution in [0.2, 0.25) is 0 Å². The van der Waals surface area contributed by atoms with Crippen molar-refractivity contribution in [3.05, 3.63) is 105 Å². The molecule has 3 aromatic carbocycles. The maximum absolute atomic E-state index is 14.0. The molecular weight excluding hydrogens is 500 g/mol. The molecule has 0 radical (unpaired) electrons. The zero-order valence-corrected chi connectivity index (χ0v) is 22.2. The second-order valence-corrected chi connectivity index (χ2v) is 9.74. The minimum Gasteiger partial charge on any atom is -0.493 e. The number of nitrogens with zero attached hydrogens (tertiary/aromatic N) is 4. The first-order valence-electron chi connectivity index (χ1n) is 12.5. The van der Waals surface area contributed by atoms with Crippen molar-refractivity contribution in [3.8, 4) is 17.2 Å². The second kappa shape index (κ2) is 10.2. The summed E-state index contributed by atoms with van der Waals surface area (Å²) < 4.78 is 18.3. The number of amides is 2. The minimum absolute atomic E-state index is 0.307.